The molecule has 3 aromatic rings. The Balaban J connectivity index is 1.38. The van der Waals surface area contributed by atoms with Gasteiger partial charge in [0.15, 0.2) is 5.78 Å². The normalized spacial score (nSPS) is 18.3. The Morgan fingerprint density at radius 2 is 1.50 bits per heavy atom. The van der Waals surface area contributed by atoms with E-state index < -0.39 is 47.9 Å². The average Bonchev–Trinajstić information content (AvgIpc) is 3.56. The van der Waals surface area contributed by atoms with Crippen LogP contribution in [-0.2, 0) is 9.59 Å². The molecule has 5 rings (SSSR count). The van der Waals surface area contributed by atoms with Gasteiger partial charge in [-0.3, -0.25) is 19.2 Å². The smallest absolute Gasteiger partial charge is 0.379 e. The lowest BCUT2D eigenvalue weighted by Crippen LogP contribution is -2.52. The highest BCUT2D eigenvalue weighted by Gasteiger charge is 2.51. The monoisotopic (exact) mass is 532 g/mol. The first kappa shape index (κ1) is 25.2. The van der Waals surface area contributed by atoms with Crippen LogP contribution in [0.2, 0.25) is 5.02 Å². The number of carbonyl (C=O) groups is 5. The van der Waals surface area contributed by atoms with E-state index in [1.165, 1.54) is 60.9 Å². The van der Waals surface area contributed by atoms with E-state index in [4.69, 9.17) is 20.8 Å². The second kappa shape index (κ2) is 10.5. The number of ketones is 1. The van der Waals surface area contributed by atoms with E-state index >= 15 is 0 Å². The standard InChI is InChI=1S/C28H21ClN2O7/c29-19-11-7-18(8-12-19)25(33)30(31-26(34)21-4-1-2-5-22(21)27(31)35)16-23(32)17-9-13-20(14-10-17)38-28(36)24-6-3-15-37-24/h1-3,6-15,21-22H,4-5,16H2/t21-,22+. The van der Waals surface area contributed by atoms with Gasteiger partial charge >= 0.3 is 5.97 Å². The van der Waals surface area contributed by atoms with Crippen LogP contribution in [0, 0.1) is 11.8 Å². The first-order chi connectivity index (χ1) is 18.3. The summed E-state index contributed by atoms with van der Waals surface area (Å²) < 4.78 is 10.2. The van der Waals surface area contributed by atoms with E-state index in [1.54, 1.807) is 6.07 Å². The molecule has 1 fully saturated rings. The number of amides is 3. The average molecular weight is 533 g/mol. The van der Waals surface area contributed by atoms with E-state index in [2.05, 4.69) is 0 Å². The number of rotatable bonds is 7. The highest BCUT2D eigenvalue weighted by atomic mass is 35.5. The van der Waals surface area contributed by atoms with Crippen LogP contribution in [-0.4, -0.2) is 46.0 Å². The van der Waals surface area contributed by atoms with Gasteiger partial charge in [-0.15, -0.1) is 0 Å². The molecular formula is C28H21ClN2O7. The molecular weight excluding hydrogens is 512 g/mol. The molecule has 1 aromatic heterocycles. The first-order valence-electron chi connectivity index (χ1n) is 11.8. The van der Waals surface area contributed by atoms with Gasteiger partial charge in [0.1, 0.15) is 12.3 Å². The number of imide groups is 1. The van der Waals surface area contributed by atoms with Gasteiger partial charge in [-0.1, -0.05) is 23.8 Å². The molecule has 2 aromatic carbocycles. The topological polar surface area (TPSA) is 114 Å². The van der Waals surface area contributed by atoms with Gasteiger partial charge < -0.3 is 9.15 Å². The minimum absolute atomic E-state index is 0.0252. The fraction of sp³-hybridized carbons (Fsp3) is 0.179. The third-order valence-corrected chi connectivity index (χ3v) is 6.71. The van der Waals surface area contributed by atoms with Crippen LogP contribution in [0.5, 0.6) is 5.75 Å². The molecule has 192 valence electrons. The second-order valence-corrected chi connectivity index (χ2v) is 9.26. The van der Waals surface area contributed by atoms with Gasteiger partial charge in [-0.2, -0.15) is 5.01 Å². The number of halogens is 1. The Kier molecular flexibility index (Phi) is 6.93. The number of hydrazine groups is 1. The molecule has 1 aliphatic carbocycles. The fourth-order valence-corrected chi connectivity index (χ4v) is 4.61. The third kappa shape index (κ3) is 4.88. The molecule has 9 nitrogen and oxygen atoms in total. The molecule has 38 heavy (non-hydrogen) atoms. The molecule has 3 amide bonds. The quantitative estimate of drug-likeness (QED) is 0.146. The zero-order valence-corrected chi connectivity index (χ0v) is 20.7. The molecule has 0 radical (unpaired) electrons. The Hall–Kier alpha value is -4.50. The van der Waals surface area contributed by atoms with Gasteiger partial charge in [0.05, 0.1) is 18.1 Å². The van der Waals surface area contributed by atoms with Crippen LogP contribution in [0.25, 0.3) is 0 Å². The number of fused-ring (bicyclic) bond motifs is 1. The molecule has 0 bridgehead atoms. The van der Waals surface area contributed by atoms with Crippen molar-refractivity contribution in [2.24, 2.45) is 11.8 Å². The molecule has 0 unspecified atom stereocenters. The van der Waals surface area contributed by atoms with Crippen molar-refractivity contribution in [3.8, 4) is 5.75 Å². The molecule has 1 aliphatic heterocycles. The molecule has 0 saturated carbocycles. The molecule has 10 heteroatoms. The molecule has 0 N–H and O–H groups in total. The Morgan fingerprint density at radius 3 is 2.08 bits per heavy atom. The number of carbonyl (C=O) groups excluding carboxylic acids is 5. The van der Waals surface area contributed by atoms with E-state index in [9.17, 15) is 24.0 Å². The first-order valence-corrected chi connectivity index (χ1v) is 12.2. The number of furan rings is 1. The number of Topliss-reactive ketones (excluding diaryl/α,β-unsaturated/α-hetero) is 1. The lowest BCUT2D eigenvalue weighted by molar-refractivity contribution is -0.154. The number of esters is 1. The molecule has 2 heterocycles. The summed E-state index contributed by atoms with van der Waals surface area (Å²) in [5.41, 5.74) is 0.353. The van der Waals surface area contributed by atoms with Gasteiger partial charge in [0.2, 0.25) is 5.76 Å². The van der Waals surface area contributed by atoms with Crippen LogP contribution >= 0.6 is 11.6 Å². The number of benzene rings is 2. The van der Waals surface area contributed by atoms with E-state index in [0.717, 1.165) is 10.0 Å². The minimum atomic E-state index is -0.698. The van der Waals surface area contributed by atoms with Gasteiger partial charge in [-0.25, -0.2) is 9.80 Å². The Labute approximate surface area is 222 Å². The lowest BCUT2D eigenvalue weighted by atomic mass is 9.85. The van der Waals surface area contributed by atoms with E-state index in [0.29, 0.717) is 17.9 Å². The maximum Gasteiger partial charge on any atom is 0.379 e. The van der Waals surface area contributed by atoms with Crippen molar-refractivity contribution in [1.29, 1.82) is 0 Å². The van der Waals surface area contributed by atoms with Crippen molar-refractivity contribution in [2.75, 3.05) is 6.54 Å². The van der Waals surface area contributed by atoms with Crippen molar-refractivity contribution in [2.45, 2.75) is 12.8 Å². The molecule has 2 aliphatic rings. The summed E-state index contributed by atoms with van der Waals surface area (Å²) in [7, 11) is 0. The van der Waals surface area contributed by atoms with Gasteiger partial charge in [0.25, 0.3) is 17.7 Å². The number of nitrogens with zero attached hydrogens (tertiary/aromatic N) is 2. The highest BCUT2D eigenvalue weighted by molar-refractivity contribution is 6.30. The van der Waals surface area contributed by atoms with Crippen LogP contribution in [0.3, 0.4) is 0 Å². The van der Waals surface area contributed by atoms with Gasteiger partial charge in [0, 0.05) is 16.1 Å². The predicted octanol–water partition coefficient (Wildman–Crippen LogP) is 4.34. The van der Waals surface area contributed by atoms with Crippen LogP contribution in [0.15, 0.2) is 83.5 Å². The second-order valence-electron chi connectivity index (χ2n) is 8.83. The summed E-state index contributed by atoms with van der Waals surface area (Å²) >= 11 is 5.95. The minimum Gasteiger partial charge on any atom is -0.457 e. The fourth-order valence-electron chi connectivity index (χ4n) is 4.48. The SMILES string of the molecule is O=C(CN(C(=O)c1ccc(Cl)cc1)N1C(=O)[C@H]2CC=CC[C@H]2C1=O)c1ccc(OC(=O)c2ccco2)cc1. The maximum absolute atomic E-state index is 13.5. The van der Waals surface area contributed by atoms with Crippen molar-refractivity contribution in [1.82, 2.24) is 10.0 Å². The third-order valence-electron chi connectivity index (χ3n) is 6.45. The Morgan fingerprint density at radius 1 is 0.895 bits per heavy atom. The highest BCUT2D eigenvalue weighted by Crippen LogP contribution is 2.36. The number of hydrogen-bond donors (Lipinski definition) is 0. The summed E-state index contributed by atoms with van der Waals surface area (Å²) in [5, 5.41) is 2.12. The van der Waals surface area contributed by atoms with Gasteiger partial charge in [-0.05, 0) is 73.5 Å². The number of hydrogen-bond acceptors (Lipinski definition) is 7. The summed E-state index contributed by atoms with van der Waals surface area (Å²) in [6.07, 6.45) is 5.80. The van der Waals surface area contributed by atoms with Crippen LogP contribution < -0.4 is 4.74 Å². The van der Waals surface area contributed by atoms with Crippen molar-refractivity contribution >= 4 is 41.1 Å². The summed E-state index contributed by atoms with van der Waals surface area (Å²) in [5.74, 6) is -3.89. The van der Waals surface area contributed by atoms with Crippen molar-refractivity contribution in [3.05, 3.63) is 101 Å². The zero-order valence-electron chi connectivity index (χ0n) is 19.9. The predicted molar refractivity (Wildman–Crippen MR) is 134 cm³/mol. The lowest BCUT2D eigenvalue weighted by Gasteiger charge is -2.30. The molecule has 1 saturated heterocycles. The van der Waals surface area contributed by atoms with Crippen molar-refractivity contribution < 1.29 is 33.1 Å². The van der Waals surface area contributed by atoms with E-state index in [-0.39, 0.29) is 22.6 Å². The van der Waals surface area contributed by atoms with Crippen molar-refractivity contribution in [3.63, 3.8) is 0 Å². The van der Waals surface area contributed by atoms with Crippen LogP contribution in [0.4, 0.5) is 0 Å². The largest absolute Gasteiger partial charge is 0.457 e. The van der Waals surface area contributed by atoms with Crippen LogP contribution in [0.1, 0.15) is 44.1 Å². The zero-order chi connectivity index (χ0) is 26.8. The summed E-state index contributed by atoms with van der Waals surface area (Å²) in [4.78, 5) is 65.3. The molecule has 2 atom stereocenters. The number of ether oxygens (including phenoxy) is 1. The van der Waals surface area contributed by atoms with E-state index in [1.807, 2.05) is 12.2 Å². The number of allylic oxidation sites excluding steroid dienone is 2. The Bertz CT molecular complexity index is 1400. The summed E-state index contributed by atoms with van der Waals surface area (Å²) in [6, 6.07) is 14.6. The summed E-state index contributed by atoms with van der Waals surface area (Å²) in [6.45, 7) is -0.558. The molecule has 0 spiro atoms. The maximum atomic E-state index is 13.5.